The van der Waals surface area contributed by atoms with Gasteiger partial charge >= 0.3 is 0 Å². The van der Waals surface area contributed by atoms with Crippen molar-refractivity contribution in [1.29, 1.82) is 5.26 Å². The second-order valence-corrected chi connectivity index (χ2v) is 6.62. The summed E-state index contributed by atoms with van der Waals surface area (Å²) in [5.41, 5.74) is 10.9. The minimum Gasteiger partial charge on any atom is -0.383 e. The van der Waals surface area contributed by atoms with E-state index in [9.17, 15) is 5.26 Å². The fourth-order valence-electron chi connectivity index (χ4n) is 3.19. The summed E-state index contributed by atoms with van der Waals surface area (Å²) in [6.07, 6.45) is 6.69. The molecule has 0 unspecified atom stereocenters. The molecule has 1 aromatic carbocycles. The van der Waals surface area contributed by atoms with Crippen LogP contribution in [0.15, 0.2) is 28.7 Å². The number of fused-ring (bicyclic) bond motifs is 1. The van der Waals surface area contributed by atoms with Gasteiger partial charge in [-0.05, 0) is 48.9 Å². The van der Waals surface area contributed by atoms with Crippen LogP contribution >= 0.6 is 15.9 Å². The highest BCUT2D eigenvalue weighted by atomic mass is 79.9. The third-order valence-electron chi connectivity index (χ3n) is 4.23. The summed E-state index contributed by atoms with van der Waals surface area (Å²) < 4.78 is 1.00. The molecule has 0 spiro atoms. The first-order chi connectivity index (χ1) is 10.7. The SMILES string of the molecule is N#Cc1c(N)nc2c(c1-c1cccc(Br)c1)CCCCCC2. The van der Waals surface area contributed by atoms with E-state index in [1.54, 1.807) is 0 Å². The molecule has 3 rings (SSSR count). The van der Waals surface area contributed by atoms with Gasteiger partial charge in [0.1, 0.15) is 17.5 Å². The van der Waals surface area contributed by atoms with Crippen LogP contribution in [-0.2, 0) is 12.8 Å². The van der Waals surface area contributed by atoms with Crippen LogP contribution < -0.4 is 5.73 Å². The van der Waals surface area contributed by atoms with Gasteiger partial charge in [-0.1, -0.05) is 40.9 Å². The van der Waals surface area contributed by atoms with E-state index in [1.165, 1.54) is 18.4 Å². The number of benzene rings is 1. The van der Waals surface area contributed by atoms with Crippen LogP contribution in [0, 0.1) is 11.3 Å². The maximum atomic E-state index is 9.58. The Balaban J connectivity index is 2.27. The topological polar surface area (TPSA) is 62.7 Å². The maximum absolute atomic E-state index is 9.58. The van der Waals surface area contributed by atoms with Crippen LogP contribution in [0.1, 0.15) is 42.5 Å². The van der Waals surface area contributed by atoms with E-state index in [1.807, 2.05) is 18.2 Å². The summed E-state index contributed by atoms with van der Waals surface area (Å²) in [5, 5.41) is 9.58. The highest BCUT2D eigenvalue weighted by Gasteiger charge is 2.20. The third kappa shape index (κ3) is 2.86. The summed E-state index contributed by atoms with van der Waals surface area (Å²) in [4.78, 5) is 4.54. The first-order valence-electron chi connectivity index (χ1n) is 7.68. The number of aromatic nitrogens is 1. The number of pyridine rings is 1. The smallest absolute Gasteiger partial charge is 0.142 e. The lowest BCUT2D eigenvalue weighted by Crippen LogP contribution is -2.10. The highest BCUT2D eigenvalue weighted by Crippen LogP contribution is 2.35. The third-order valence-corrected chi connectivity index (χ3v) is 4.72. The lowest BCUT2D eigenvalue weighted by atomic mass is 9.88. The number of hydrogen-bond acceptors (Lipinski definition) is 3. The van der Waals surface area contributed by atoms with Crippen molar-refractivity contribution in [2.24, 2.45) is 0 Å². The molecule has 2 aromatic rings. The van der Waals surface area contributed by atoms with Gasteiger partial charge < -0.3 is 5.73 Å². The molecule has 1 aliphatic carbocycles. The number of rotatable bonds is 1. The molecule has 0 bridgehead atoms. The molecule has 3 nitrogen and oxygen atoms in total. The molecular weight excluding hydrogens is 338 g/mol. The molecule has 0 saturated carbocycles. The predicted molar refractivity (Wildman–Crippen MR) is 92.4 cm³/mol. The van der Waals surface area contributed by atoms with Gasteiger partial charge in [0.05, 0.1) is 0 Å². The van der Waals surface area contributed by atoms with Gasteiger partial charge in [0, 0.05) is 15.7 Å². The number of anilines is 1. The molecule has 0 amide bonds. The standard InChI is InChI=1S/C18H18BrN3/c19-13-7-5-6-12(10-13)17-14-8-3-1-2-4-9-16(14)22-18(21)15(17)11-20/h5-7,10H,1-4,8-9H2,(H2,21,22). The average Bonchev–Trinajstić information content (AvgIpc) is 2.48. The Bertz CT molecular complexity index is 747. The minimum absolute atomic E-state index is 0.358. The van der Waals surface area contributed by atoms with Crippen molar-refractivity contribution in [3.63, 3.8) is 0 Å². The number of hydrogen-bond donors (Lipinski definition) is 1. The molecule has 112 valence electrons. The van der Waals surface area contributed by atoms with E-state index < -0.39 is 0 Å². The van der Waals surface area contributed by atoms with Crippen molar-refractivity contribution in [2.45, 2.75) is 38.5 Å². The number of nitriles is 1. The normalized spacial score (nSPS) is 14.5. The number of aryl methyl sites for hydroxylation is 1. The number of halogens is 1. The van der Waals surface area contributed by atoms with Crippen molar-refractivity contribution in [2.75, 3.05) is 5.73 Å². The van der Waals surface area contributed by atoms with E-state index in [4.69, 9.17) is 5.73 Å². The number of nitrogens with zero attached hydrogens (tertiary/aromatic N) is 2. The Morgan fingerprint density at radius 2 is 1.91 bits per heavy atom. The monoisotopic (exact) mass is 355 g/mol. The Labute approximate surface area is 139 Å². The molecule has 1 heterocycles. The Morgan fingerprint density at radius 1 is 1.14 bits per heavy atom. The molecule has 1 aromatic heterocycles. The van der Waals surface area contributed by atoms with Crippen LogP contribution in [0.2, 0.25) is 0 Å². The summed E-state index contributed by atoms with van der Waals surface area (Å²) in [5.74, 6) is 0.358. The number of nitrogen functional groups attached to an aromatic ring is 1. The number of nitrogens with two attached hydrogens (primary N) is 1. The summed E-state index contributed by atoms with van der Waals surface area (Å²) in [7, 11) is 0. The van der Waals surface area contributed by atoms with Crippen LogP contribution in [0.5, 0.6) is 0 Å². The van der Waals surface area contributed by atoms with Gasteiger partial charge in [-0.2, -0.15) is 5.26 Å². The molecule has 0 aliphatic heterocycles. The lowest BCUT2D eigenvalue weighted by molar-refractivity contribution is 0.610. The van der Waals surface area contributed by atoms with Crippen molar-refractivity contribution in [3.05, 3.63) is 45.6 Å². The Morgan fingerprint density at radius 3 is 2.64 bits per heavy atom. The van der Waals surface area contributed by atoms with E-state index in [-0.39, 0.29) is 0 Å². The molecule has 1 aliphatic rings. The predicted octanol–water partition coefficient (Wildman–Crippen LogP) is 4.62. The Hall–Kier alpha value is -1.86. The first kappa shape index (κ1) is 15.1. The maximum Gasteiger partial charge on any atom is 0.142 e. The van der Waals surface area contributed by atoms with E-state index in [0.717, 1.165) is 47.0 Å². The van der Waals surface area contributed by atoms with E-state index >= 15 is 0 Å². The average molecular weight is 356 g/mol. The van der Waals surface area contributed by atoms with Crippen LogP contribution in [0.25, 0.3) is 11.1 Å². The quantitative estimate of drug-likeness (QED) is 0.811. The van der Waals surface area contributed by atoms with Crippen LogP contribution in [-0.4, -0.2) is 4.98 Å². The molecule has 22 heavy (non-hydrogen) atoms. The molecule has 0 radical (unpaired) electrons. The fraction of sp³-hybridized carbons (Fsp3) is 0.333. The molecular formula is C18H18BrN3. The Kier molecular flexibility index (Phi) is 4.44. The summed E-state index contributed by atoms with van der Waals surface area (Å²) in [6.45, 7) is 0. The molecule has 0 atom stereocenters. The van der Waals surface area contributed by atoms with Crippen molar-refractivity contribution in [1.82, 2.24) is 4.98 Å². The van der Waals surface area contributed by atoms with Crippen molar-refractivity contribution in [3.8, 4) is 17.2 Å². The zero-order valence-corrected chi connectivity index (χ0v) is 14.0. The van der Waals surface area contributed by atoms with E-state index in [0.29, 0.717) is 11.4 Å². The molecule has 0 fully saturated rings. The van der Waals surface area contributed by atoms with E-state index in [2.05, 4.69) is 33.0 Å². The first-order valence-corrected chi connectivity index (χ1v) is 8.47. The van der Waals surface area contributed by atoms with Gasteiger partial charge in [0.25, 0.3) is 0 Å². The molecule has 2 N–H and O–H groups in total. The summed E-state index contributed by atoms with van der Waals surface area (Å²) >= 11 is 3.52. The van der Waals surface area contributed by atoms with Gasteiger partial charge in [-0.3, -0.25) is 0 Å². The van der Waals surface area contributed by atoms with Crippen molar-refractivity contribution >= 4 is 21.7 Å². The van der Waals surface area contributed by atoms with Crippen molar-refractivity contribution < 1.29 is 0 Å². The van der Waals surface area contributed by atoms with Gasteiger partial charge in [-0.15, -0.1) is 0 Å². The van der Waals surface area contributed by atoms with Crippen LogP contribution in [0.4, 0.5) is 5.82 Å². The van der Waals surface area contributed by atoms with Gasteiger partial charge in [-0.25, -0.2) is 4.98 Å². The van der Waals surface area contributed by atoms with Gasteiger partial charge in [0.2, 0.25) is 0 Å². The lowest BCUT2D eigenvalue weighted by Gasteiger charge is -2.19. The zero-order valence-electron chi connectivity index (χ0n) is 12.4. The summed E-state index contributed by atoms with van der Waals surface area (Å²) in [6, 6.07) is 10.3. The van der Waals surface area contributed by atoms with Gasteiger partial charge in [0.15, 0.2) is 0 Å². The highest BCUT2D eigenvalue weighted by molar-refractivity contribution is 9.10. The second kappa shape index (κ2) is 6.50. The second-order valence-electron chi connectivity index (χ2n) is 5.71. The largest absolute Gasteiger partial charge is 0.383 e. The zero-order chi connectivity index (χ0) is 15.5. The molecule has 4 heteroatoms. The molecule has 0 saturated heterocycles. The van der Waals surface area contributed by atoms with Crippen LogP contribution in [0.3, 0.4) is 0 Å². The fourth-order valence-corrected chi connectivity index (χ4v) is 3.59. The minimum atomic E-state index is 0.358.